The van der Waals surface area contributed by atoms with E-state index in [1.54, 1.807) is 18.1 Å². The molecule has 2 atom stereocenters. The summed E-state index contributed by atoms with van der Waals surface area (Å²) in [4.78, 5) is 19.3. The monoisotopic (exact) mass is 507 g/mol. The second-order valence-corrected chi connectivity index (χ2v) is 11.6. The van der Waals surface area contributed by atoms with Gasteiger partial charge < -0.3 is 9.64 Å². The Morgan fingerprint density at radius 1 is 1.08 bits per heavy atom. The van der Waals surface area contributed by atoms with Gasteiger partial charge in [-0.25, -0.2) is 17.5 Å². The number of amides is 1. The molecule has 36 heavy (non-hydrogen) atoms. The Balaban J connectivity index is 1.52. The van der Waals surface area contributed by atoms with Gasteiger partial charge in [0.2, 0.25) is 10.0 Å². The third-order valence-electron chi connectivity index (χ3n) is 7.06. The number of benzene rings is 2. The molecule has 0 radical (unpaired) electrons. The van der Waals surface area contributed by atoms with E-state index in [4.69, 9.17) is 4.74 Å². The van der Waals surface area contributed by atoms with E-state index in [2.05, 4.69) is 17.1 Å². The lowest BCUT2D eigenvalue weighted by molar-refractivity contribution is -0.0666. The number of pyridine rings is 1. The van der Waals surface area contributed by atoms with Crippen LogP contribution in [0.15, 0.2) is 72.9 Å². The lowest BCUT2D eigenvalue weighted by Gasteiger charge is -2.44. The van der Waals surface area contributed by atoms with E-state index in [-0.39, 0.29) is 12.6 Å². The smallest absolute Gasteiger partial charge is 0.411 e. The van der Waals surface area contributed by atoms with Crippen molar-refractivity contribution in [3.05, 3.63) is 89.7 Å². The summed E-state index contributed by atoms with van der Waals surface area (Å²) in [5, 5.41) is 0. The maximum atomic E-state index is 13.3. The van der Waals surface area contributed by atoms with E-state index in [9.17, 15) is 13.2 Å². The number of ether oxygens (including phenoxy) is 1. The molecule has 2 heterocycles. The second-order valence-electron chi connectivity index (χ2n) is 9.49. The Kier molecular flexibility index (Phi) is 7.47. The van der Waals surface area contributed by atoms with Crippen molar-refractivity contribution in [3.8, 4) is 11.1 Å². The number of aryl methyl sites for hydroxylation is 1. The zero-order valence-electron chi connectivity index (χ0n) is 21.2. The third kappa shape index (κ3) is 5.60. The summed E-state index contributed by atoms with van der Waals surface area (Å²) in [6.45, 7) is 4.73. The third-order valence-corrected chi connectivity index (χ3v) is 8.38. The first-order valence-corrected chi connectivity index (χ1v) is 13.9. The standard InChI is InChI=1S/C28H33N3O4S/c1-21-20-25(14-17-29-21)24-12-10-23(11-13-24)22(2)31-19-16-28(35-27(31)32,26-8-6-5-7-9-26)15-18-30(3)36(4,33)34/h5-14,17,20,22H,15-16,18-19H2,1-4H3/t22-,28+/m0/s1. The zero-order chi connectivity index (χ0) is 25.9. The molecule has 1 amide bonds. The predicted molar refractivity (Wildman–Crippen MR) is 141 cm³/mol. The Morgan fingerprint density at radius 3 is 2.39 bits per heavy atom. The number of rotatable bonds is 8. The quantitative estimate of drug-likeness (QED) is 0.422. The van der Waals surface area contributed by atoms with Crippen LogP contribution in [-0.2, 0) is 20.4 Å². The molecule has 190 valence electrons. The molecule has 1 fully saturated rings. The summed E-state index contributed by atoms with van der Waals surface area (Å²) in [5.41, 5.74) is 4.18. The number of carbonyl (C=O) groups is 1. The van der Waals surface area contributed by atoms with Crippen LogP contribution in [0, 0.1) is 6.92 Å². The van der Waals surface area contributed by atoms with Crippen molar-refractivity contribution in [3.63, 3.8) is 0 Å². The lowest BCUT2D eigenvalue weighted by Crippen LogP contribution is -2.49. The second kappa shape index (κ2) is 10.4. The number of aromatic nitrogens is 1. The first-order valence-electron chi connectivity index (χ1n) is 12.1. The lowest BCUT2D eigenvalue weighted by atomic mass is 9.85. The maximum absolute atomic E-state index is 13.3. The average molecular weight is 508 g/mol. The Labute approximate surface area is 213 Å². The van der Waals surface area contributed by atoms with Gasteiger partial charge in [0.15, 0.2) is 0 Å². The molecule has 7 nitrogen and oxygen atoms in total. The summed E-state index contributed by atoms with van der Waals surface area (Å²) in [6, 6.07) is 21.7. The van der Waals surface area contributed by atoms with E-state index in [0.29, 0.717) is 19.4 Å². The molecule has 0 unspecified atom stereocenters. The summed E-state index contributed by atoms with van der Waals surface area (Å²) >= 11 is 0. The van der Waals surface area contributed by atoms with Crippen LogP contribution in [0.25, 0.3) is 11.1 Å². The van der Waals surface area contributed by atoms with Crippen molar-refractivity contribution in [2.24, 2.45) is 0 Å². The summed E-state index contributed by atoms with van der Waals surface area (Å²) < 4.78 is 31.3. The van der Waals surface area contributed by atoms with Crippen LogP contribution in [0.2, 0.25) is 0 Å². The fraction of sp³-hybridized carbons (Fsp3) is 0.357. The van der Waals surface area contributed by atoms with Gasteiger partial charge in [0.25, 0.3) is 0 Å². The van der Waals surface area contributed by atoms with Crippen LogP contribution in [-0.4, -0.2) is 55.1 Å². The molecule has 1 saturated heterocycles. The van der Waals surface area contributed by atoms with E-state index in [0.717, 1.165) is 27.9 Å². The molecular weight excluding hydrogens is 474 g/mol. The molecule has 2 aromatic carbocycles. The van der Waals surface area contributed by atoms with Gasteiger partial charge in [0.05, 0.1) is 12.3 Å². The molecule has 0 saturated carbocycles. The van der Waals surface area contributed by atoms with E-state index < -0.39 is 21.7 Å². The van der Waals surface area contributed by atoms with Gasteiger partial charge in [-0.1, -0.05) is 54.6 Å². The maximum Gasteiger partial charge on any atom is 0.411 e. The first-order chi connectivity index (χ1) is 17.1. The molecule has 1 aliphatic rings. The summed E-state index contributed by atoms with van der Waals surface area (Å²) in [7, 11) is -1.79. The molecule has 0 bridgehead atoms. The highest BCUT2D eigenvalue weighted by Crippen LogP contribution is 2.40. The number of carbonyl (C=O) groups excluding carboxylic acids is 1. The summed E-state index contributed by atoms with van der Waals surface area (Å²) in [6.07, 6.45) is 3.54. The minimum Gasteiger partial charge on any atom is -0.438 e. The molecular formula is C28H33N3O4S. The van der Waals surface area contributed by atoms with Crippen LogP contribution in [0.4, 0.5) is 4.79 Å². The van der Waals surface area contributed by atoms with Gasteiger partial charge in [-0.15, -0.1) is 0 Å². The van der Waals surface area contributed by atoms with Crippen molar-refractivity contribution in [2.45, 2.75) is 38.3 Å². The molecule has 0 spiro atoms. The topological polar surface area (TPSA) is 79.8 Å². The van der Waals surface area contributed by atoms with Crippen molar-refractivity contribution in [1.29, 1.82) is 0 Å². The molecule has 0 aliphatic carbocycles. The molecule has 1 aliphatic heterocycles. The van der Waals surface area contributed by atoms with Crippen molar-refractivity contribution < 1.29 is 17.9 Å². The largest absolute Gasteiger partial charge is 0.438 e. The number of hydrogen-bond acceptors (Lipinski definition) is 5. The fourth-order valence-electron chi connectivity index (χ4n) is 4.65. The highest BCUT2D eigenvalue weighted by Gasteiger charge is 2.43. The van der Waals surface area contributed by atoms with Gasteiger partial charge in [0, 0.05) is 44.9 Å². The van der Waals surface area contributed by atoms with Gasteiger partial charge in [-0.05, 0) is 48.2 Å². The number of sulfonamides is 1. The van der Waals surface area contributed by atoms with Gasteiger partial charge in [-0.3, -0.25) is 4.98 Å². The predicted octanol–water partition coefficient (Wildman–Crippen LogP) is 5.14. The molecule has 4 rings (SSSR count). The zero-order valence-corrected chi connectivity index (χ0v) is 22.0. The Hall–Kier alpha value is -3.23. The van der Waals surface area contributed by atoms with E-state index in [1.807, 2.05) is 68.4 Å². The van der Waals surface area contributed by atoms with Gasteiger partial charge in [-0.2, -0.15) is 0 Å². The van der Waals surface area contributed by atoms with Crippen molar-refractivity contribution in [2.75, 3.05) is 26.4 Å². The van der Waals surface area contributed by atoms with Crippen molar-refractivity contribution in [1.82, 2.24) is 14.2 Å². The van der Waals surface area contributed by atoms with Gasteiger partial charge in [0.1, 0.15) is 5.60 Å². The Bertz CT molecular complexity index is 1310. The van der Waals surface area contributed by atoms with Crippen LogP contribution in [0.5, 0.6) is 0 Å². The number of nitrogens with zero attached hydrogens (tertiary/aromatic N) is 3. The SMILES string of the molecule is Cc1cc(-c2ccc([C@H](C)N3CC[C@](CCN(C)S(C)(=O)=O)(c4ccccc4)OC3=O)cc2)ccn1. The van der Waals surface area contributed by atoms with Crippen LogP contribution >= 0.6 is 0 Å². The minimum atomic E-state index is -3.33. The van der Waals surface area contributed by atoms with Crippen LogP contribution in [0.1, 0.15) is 42.6 Å². The average Bonchev–Trinajstić information content (AvgIpc) is 2.87. The molecule has 8 heteroatoms. The highest BCUT2D eigenvalue weighted by atomic mass is 32.2. The number of hydrogen-bond donors (Lipinski definition) is 0. The van der Waals surface area contributed by atoms with E-state index >= 15 is 0 Å². The fourth-order valence-corrected chi connectivity index (χ4v) is 5.07. The molecule has 1 aromatic heterocycles. The molecule has 0 N–H and O–H groups in total. The van der Waals surface area contributed by atoms with Crippen LogP contribution < -0.4 is 0 Å². The first kappa shape index (κ1) is 25.9. The highest BCUT2D eigenvalue weighted by molar-refractivity contribution is 7.88. The van der Waals surface area contributed by atoms with Crippen molar-refractivity contribution >= 4 is 16.1 Å². The van der Waals surface area contributed by atoms with Crippen LogP contribution in [0.3, 0.4) is 0 Å². The van der Waals surface area contributed by atoms with Gasteiger partial charge >= 0.3 is 6.09 Å². The van der Waals surface area contributed by atoms with E-state index in [1.165, 1.54) is 10.6 Å². The Morgan fingerprint density at radius 2 is 1.78 bits per heavy atom. The minimum absolute atomic E-state index is 0.168. The summed E-state index contributed by atoms with van der Waals surface area (Å²) in [5.74, 6) is 0. The normalized spacial score (nSPS) is 19.2. The molecule has 3 aromatic rings. The number of cyclic esters (lactones) is 1.